The monoisotopic (exact) mass is 288 g/mol. The molecule has 1 aliphatic heterocycles. The Morgan fingerprint density at radius 2 is 2.15 bits per heavy atom. The Hall–Kier alpha value is -1.75. The van der Waals surface area contributed by atoms with Crippen molar-refractivity contribution in [2.45, 2.75) is 11.7 Å². The van der Waals surface area contributed by atoms with Crippen molar-refractivity contribution in [2.24, 2.45) is 0 Å². The zero-order valence-electron chi connectivity index (χ0n) is 11.1. The van der Waals surface area contributed by atoms with Gasteiger partial charge in [0.25, 0.3) is 5.91 Å². The minimum absolute atomic E-state index is 0.0908. The molecule has 0 aliphatic carbocycles. The number of rotatable bonds is 2. The normalized spacial score (nSPS) is 19.6. The molecule has 1 amide bonds. The van der Waals surface area contributed by atoms with Gasteiger partial charge in [-0.25, -0.2) is 0 Å². The molecule has 1 fully saturated rings. The third-order valence-corrected chi connectivity index (χ3v) is 4.71. The Labute approximate surface area is 122 Å². The van der Waals surface area contributed by atoms with Gasteiger partial charge in [-0.1, -0.05) is 0 Å². The largest absolute Gasteiger partial charge is 0.468 e. The molecule has 0 radical (unpaired) electrons. The van der Waals surface area contributed by atoms with E-state index in [1.54, 1.807) is 30.8 Å². The Balaban J connectivity index is 1.67. The van der Waals surface area contributed by atoms with Gasteiger partial charge < -0.3 is 9.32 Å². The van der Waals surface area contributed by atoms with Gasteiger partial charge in [-0.05, 0) is 30.7 Å². The molecule has 2 aromatic heterocycles. The van der Waals surface area contributed by atoms with Crippen molar-refractivity contribution in [3.8, 4) is 0 Å². The molecule has 5 heteroatoms. The van der Waals surface area contributed by atoms with Gasteiger partial charge in [-0.2, -0.15) is 0 Å². The quantitative estimate of drug-likeness (QED) is 0.852. The number of furan rings is 1. The molecule has 3 rings (SSSR count). The molecule has 1 atom stereocenters. The fourth-order valence-corrected chi connectivity index (χ4v) is 3.53. The molecule has 4 nitrogen and oxygen atoms in total. The predicted molar refractivity (Wildman–Crippen MR) is 78.7 cm³/mol. The van der Waals surface area contributed by atoms with Crippen LogP contribution in [0.5, 0.6) is 0 Å². The average molecular weight is 288 g/mol. The van der Waals surface area contributed by atoms with E-state index in [0.717, 1.165) is 31.0 Å². The highest BCUT2D eigenvalue weighted by molar-refractivity contribution is 7.99. The molecule has 2 aromatic rings. The van der Waals surface area contributed by atoms with Crippen LogP contribution in [0.2, 0.25) is 0 Å². The standard InChI is InChI=1S/C15H16N2O2S/c18-15(12-3-6-16-7-4-12)17-8-5-14(20-11-9-17)13-2-1-10-19-13/h1-4,6-7,10,14H,5,8-9,11H2. The molecule has 0 spiro atoms. The number of amides is 1. The van der Waals surface area contributed by atoms with Crippen molar-refractivity contribution in [1.82, 2.24) is 9.88 Å². The maximum absolute atomic E-state index is 12.4. The van der Waals surface area contributed by atoms with Crippen LogP contribution >= 0.6 is 11.8 Å². The summed E-state index contributed by atoms with van der Waals surface area (Å²) in [5, 5.41) is 0.347. The number of nitrogens with zero attached hydrogens (tertiary/aromatic N) is 2. The molecular weight excluding hydrogens is 272 g/mol. The van der Waals surface area contributed by atoms with E-state index in [4.69, 9.17) is 4.42 Å². The highest BCUT2D eigenvalue weighted by Gasteiger charge is 2.24. The van der Waals surface area contributed by atoms with Crippen molar-refractivity contribution in [1.29, 1.82) is 0 Å². The van der Waals surface area contributed by atoms with E-state index in [-0.39, 0.29) is 5.91 Å². The van der Waals surface area contributed by atoms with Crippen LogP contribution < -0.4 is 0 Å². The van der Waals surface area contributed by atoms with E-state index in [1.165, 1.54) is 0 Å². The maximum Gasteiger partial charge on any atom is 0.253 e. The summed E-state index contributed by atoms with van der Waals surface area (Å²) in [4.78, 5) is 18.3. The zero-order chi connectivity index (χ0) is 13.8. The summed E-state index contributed by atoms with van der Waals surface area (Å²) >= 11 is 1.86. The van der Waals surface area contributed by atoms with E-state index in [2.05, 4.69) is 4.98 Å². The van der Waals surface area contributed by atoms with E-state index < -0.39 is 0 Å². The first-order valence-electron chi connectivity index (χ1n) is 6.69. The Kier molecular flexibility index (Phi) is 4.06. The number of hydrogen-bond donors (Lipinski definition) is 0. The van der Waals surface area contributed by atoms with Crippen LogP contribution in [0.15, 0.2) is 47.3 Å². The van der Waals surface area contributed by atoms with Gasteiger partial charge in [0.1, 0.15) is 5.76 Å². The van der Waals surface area contributed by atoms with Crippen LogP contribution in [-0.4, -0.2) is 34.6 Å². The molecule has 0 saturated carbocycles. The first-order chi connectivity index (χ1) is 9.84. The molecule has 3 heterocycles. The van der Waals surface area contributed by atoms with Gasteiger partial charge in [-0.3, -0.25) is 9.78 Å². The van der Waals surface area contributed by atoms with Gasteiger partial charge in [-0.15, -0.1) is 11.8 Å². The van der Waals surface area contributed by atoms with Gasteiger partial charge in [0.05, 0.1) is 11.5 Å². The molecule has 1 saturated heterocycles. The van der Waals surface area contributed by atoms with Gasteiger partial charge in [0, 0.05) is 36.8 Å². The molecule has 0 aromatic carbocycles. The fourth-order valence-electron chi connectivity index (χ4n) is 2.35. The van der Waals surface area contributed by atoms with E-state index >= 15 is 0 Å². The highest BCUT2D eigenvalue weighted by atomic mass is 32.2. The van der Waals surface area contributed by atoms with Crippen LogP contribution in [0.25, 0.3) is 0 Å². The first kappa shape index (κ1) is 13.2. The van der Waals surface area contributed by atoms with Crippen LogP contribution in [0.1, 0.15) is 27.8 Å². The molecule has 1 unspecified atom stereocenters. The summed E-state index contributed by atoms with van der Waals surface area (Å²) < 4.78 is 5.48. The first-order valence-corrected chi connectivity index (χ1v) is 7.74. The third kappa shape index (κ3) is 2.88. The second kappa shape index (κ2) is 6.13. The highest BCUT2D eigenvalue weighted by Crippen LogP contribution is 2.34. The number of carbonyl (C=O) groups is 1. The van der Waals surface area contributed by atoms with Crippen molar-refractivity contribution >= 4 is 17.7 Å². The molecule has 20 heavy (non-hydrogen) atoms. The van der Waals surface area contributed by atoms with Crippen LogP contribution in [0.4, 0.5) is 0 Å². The molecule has 104 valence electrons. The number of hydrogen-bond acceptors (Lipinski definition) is 4. The van der Waals surface area contributed by atoms with Crippen molar-refractivity contribution in [2.75, 3.05) is 18.8 Å². The average Bonchev–Trinajstić information content (AvgIpc) is 2.92. The smallest absolute Gasteiger partial charge is 0.253 e. The molecule has 0 bridgehead atoms. The van der Waals surface area contributed by atoms with Crippen molar-refractivity contribution in [3.05, 3.63) is 54.2 Å². The van der Waals surface area contributed by atoms with Gasteiger partial charge >= 0.3 is 0 Å². The third-order valence-electron chi connectivity index (χ3n) is 3.42. The number of carbonyl (C=O) groups excluding carboxylic acids is 1. The molecule has 0 N–H and O–H groups in total. The molecular formula is C15H16N2O2S. The van der Waals surface area contributed by atoms with Crippen LogP contribution in [-0.2, 0) is 0 Å². The number of pyridine rings is 1. The lowest BCUT2D eigenvalue weighted by atomic mass is 10.2. The van der Waals surface area contributed by atoms with Gasteiger partial charge in [0.15, 0.2) is 0 Å². The Morgan fingerprint density at radius 3 is 2.90 bits per heavy atom. The van der Waals surface area contributed by atoms with E-state index in [1.807, 2.05) is 28.8 Å². The summed E-state index contributed by atoms with van der Waals surface area (Å²) in [5.41, 5.74) is 0.710. The topological polar surface area (TPSA) is 46.3 Å². The summed E-state index contributed by atoms with van der Waals surface area (Å²) in [6.07, 6.45) is 5.95. The van der Waals surface area contributed by atoms with E-state index in [0.29, 0.717) is 10.8 Å². The Bertz CT molecular complexity index is 557. The fraction of sp³-hybridized carbons (Fsp3) is 0.333. The lowest BCUT2D eigenvalue weighted by molar-refractivity contribution is 0.0766. The predicted octanol–water partition coefficient (Wildman–Crippen LogP) is 3.00. The minimum Gasteiger partial charge on any atom is -0.468 e. The Morgan fingerprint density at radius 1 is 1.30 bits per heavy atom. The number of aromatic nitrogens is 1. The summed E-state index contributed by atoms with van der Waals surface area (Å²) in [6, 6.07) is 7.47. The summed E-state index contributed by atoms with van der Waals surface area (Å²) in [6.45, 7) is 1.54. The summed E-state index contributed by atoms with van der Waals surface area (Å²) in [5.74, 6) is 2.03. The van der Waals surface area contributed by atoms with Crippen molar-refractivity contribution < 1.29 is 9.21 Å². The second-order valence-corrected chi connectivity index (χ2v) is 6.00. The van der Waals surface area contributed by atoms with Crippen molar-refractivity contribution in [3.63, 3.8) is 0 Å². The zero-order valence-corrected chi connectivity index (χ0v) is 11.9. The van der Waals surface area contributed by atoms with E-state index in [9.17, 15) is 4.79 Å². The maximum atomic E-state index is 12.4. The SMILES string of the molecule is O=C(c1ccncc1)N1CCSC(c2ccco2)CC1. The number of thioether (sulfide) groups is 1. The minimum atomic E-state index is 0.0908. The summed E-state index contributed by atoms with van der Waals surface area (Å²) in [7, 11) is 0. The molecule has 1 aliphatic rings. The second-order valence-electron chi connectivity index (χ2n) is 4.69. The van der Waals surface area contributed by atoms with Crippen LogP contribution in [0.3, 0.4) is 0 Å². The van der Waals surface area contributed by atoms with Gasteiger partial charge in [0.2, 0.25) is 0 Å². The lowest BCUT2D eigenvalue weighted by Gasteiger charge is -2.20. The lowest BCUT2D eigenvalue weighted by Crippen LogP contribution is -2.32. The van der Waals surface area contributed by atoms with Crippen LogP contribution in [0, 0.1) is 0 Å².